The van der Waals surface area contributed by atoms with Crippen LogP contribution in [0.2, 0.25) is 0 Å². The van der Waals surface area contributed by atoms with E-state index in [4.69, 9.17) is 0 Å². The smallest absolute Gasteiger partial charge is 0.271 e. The summed E-state index contributed by atoms with van der Waals surface area (Å²) in [6.45, 7) is 0.337. The van der Waals surface area contributed by atoms with Crippen LogP contribution in [-0.4, -0.2) is 21.0 Å². The topological polar surface area (TPSA) is 75.1 Å². The van der Waals surface area contributed by atoms with Gasteiger partial charge in [0, 0.05) is 18.9 Å². The van der Waals surface area contributed by atoms with E-state index >= 15 is 0 Å². The summed E-state index contributed by atoms with van der Waals surface area (Å²) in [4.78, 5) is 19.3. The molecule has 0 saturated carbocycles. The molecule has 1 aromatic carbocycles. The van der Waals surface area contributed by atoms with Crippen molar-refractivity contribution in [2.75, 3.05) is 0 Å². The van der Waals surface area contributed by atoms with E-state index in [1.807, 2.05) is 6.07 Å². The molecule has 0 aliphatic rings. The lowest BCUT2D eigenvalue weighted by atomic mass is 10.2. The van der Waals surface area contributed by atoms with Crippen LogP contribution < -0.4 is 5.32 Å². The van der Waals surface area contributed by atoms with Crippen molar-refractivity contribution in [3.05, 3.63) is 54.1 Å². The Hall–Kier alpha value is -2.43. The summed E-state index contributed by atoms with van der Waals surface area (Å²) in [5, 5.41) is 12.0. The van der Waals surface area contributed by atoms with E-state index in [1.54, 1.807) is 18.2 Å². The number of aromatic hydroxyl groups is 1. The molecule has 1 heterocycles. The number of rotatable bonds is 3. The number of amides is 1. The van der Waals surface area contributed by atoms with Crippen molar-refractivity contribution in [1.82, 2.24) is 15.3 Å². The van der Waals surface area contributed by atoms with Crippen molar-refractivity contribution in [3.8, 4) is 5.75 Å². The predicted molar refractivity (Wildman–Crippen MR) is 61.3 cm³/mol. The van der Waals surface area contributed by atoms with Crippen molar-refractivity contribution in [1.29, 1.82) is 0 Å². The second-order valence-electron chi connectivity index (χ2n) is 3.44. The SMILES string of the molecule is O=C(NCc1cccc(O)c1)c1cnccn1. The molecule has 0 atom stereocenters. The average Bonchev–Trinajstić information content (AvgIpc) is 2.37. The highest BCUT2D eigenvalue weighted by atomic mass is 16.3. The minimum atomic E-state index is -0.290. The van der Waals surface area contributed by atoms with E-state index in [2.05, 4.69) is 15.3 Å². The molecule has 0 saturated heterocycles. The van der Waals surface area contributed by atoms with E-state index in [0.29, 0.717) is 6.54 Å². The molecular weight excluding hydrogens is 218 g/mol. The lowest BCUT2D eigenvalue weighted by molar-refractivity contribution is 0.0945. The normalized spacial score (nSPS) is 9.88. The number of nitrogens with zero attached hydrogens (tertiary/aromatic N) is 2. The Balaban J connectivity index is 1.97. The third-order valence-electron chi connectivity index (χ3n) is 2.16. The number of nitrogens with one attached hydrogen (secondary N) is 1. The van der Waals surface area contributed by atoms with Crippen LogP contribution in [0.5, 0.6) is 5.75 Å². The second kappa shape index (κ2) is 5.07. The Morgan fingerprint density at radius 2 is 2.24 bits per heavy atom. The molecule has 5 nitrogen and oxygen atoms in total. The Kier molecular flexibility index (Phi) is 3.30. The molecule has 2 aromatic rings. The molecule has 1 aromatic heterocycles. The van der Waals surface area contributed by atoms with E-state index in [0.717, 1.165) is 5.56 Å². The van der Waals surface area contributed by atoms with E-state index in [1.165, 1.54) is 18.6 Å². The van der Waals surface area contributed by atoms with Gasteiger partial charge in [0.25, 0.3) is 5.91 Å². The Bertz CT molecular complexity index is 514. The summed E-state index contributed by atoms with van der Waals surface area (Å²) in [5.41, 5.74) is 1.09. The maximum Gasteiger partial charge on any atom is 0.271 e. The van der Waals surface area contributed by atoms with Crippen molar-refractivity contribution in [2.45, 2.75) is 6.54 Å². The molecule has 0 aliphatic carbocycles. The number of carbonyl (C=O) groups excluding carboxylic acids is 1. The maximum absolute atomic E-state index is 11.6. The monoisotopic (exact) mass is 229 g/mol. The van der Waals surface area contributed by atoms with Gasteiger partial charge in [-0.15, -0.1) is 0 Å². The van der Waals surface area contributed by atoms with Crippen LogP contribution in [0.25, 0.3) is 0 Å². The molecular formula is C12H11N3O2. The third kappa shape index (κ3) is 3.01. The number of aromatic nitrogens is 2. The fraction of sp³-hybridized carbons (Fsp3) is 0.0833. The molecule has 0 bridgehead atoms. The minimum absolute atomic E-state index is 0.177. The number of hydrogen-bond donors (Lipinski definition) is 2. The van der Waals surface area contributed by atoms with Gasteiger partial charge in [0.15, 0.2) is 0 Å². The zero-order valence-corrected chi connectivity index (χ0v) is 9.00. The summed E-state index contributed by atoms with van der Waals surface area (Å²) in [6.07, 6.45) is 4.37. The Morgan fingerprint density at radius 1 is 1.35 bits per heavy atom. The first kappa shape index (κ1) is 11.1. The van der Waals surface area contributed by atoms with Crippen molar-refractivity contribution >= 4 is 5.91 Å². The number of phenolic OH excluding ortho intramolecular Hbond substituents is 1. The molecule has 0 spiro atoms. The largest absolute Gasteiger partial charge is 0.508 e. The molecule has 86 valence electrons. The first-order valence-electron chi connectivity index (χ1n) is 5.08. The van der Waals surface area contributed by atoms with Gasteiger partial charge in [0.1, 0.15) is 11.4 Å². The van der Waals surface area contributed by atoms with Crippen LogP contribution in [0.3, 0.4) is 0 Å². The van der Waals surface area contributed by atoms with Crippen LogP contribution in [-0.2, 0) is 6.54 Å². The molecule has 1 amide bonds. The van der Waals surface area contributed by atoms with Gasteiger partial charge in [-0.2, -0.15) is 0 Å². The molecule has 2 N–H and O–H groups in total. The van der Waals surface area contributed by atoms with Gasteiger partial charge >= 0.3 is 0 Å². The maximum atomic E-state index is 11.6. The lowest BCUT2D eigenvalue weighted by Crippen LogP contribution is -2.23. The number of hydrogen-bond acceptors (Lipinski definition) is 4. The molecule has 0 radical (unpaired) electrons. The average molecular weight is 229 g/mol. The summed E-state index contributed by atoms with van der Waals surface area (Å²) in [5.74, 6) is -0.113. The standard InChI is InChI=1S/C12H11N3O2/c16-10-3-1-2-9(6-10)7-15-12(17)11-8-13-4-5-14-11/h1-6,8,16H,7H2,(H,15,17). The van der Waals surface area contributed by atoms with Crippen molar-refractivity contribution in [3.63, 3.8) is 0 Å². The molecule has 2 rings (SSSR count). The third-order valence-corrected chi connectivity index (χ3v) is 2.16. The number of benzene rings is 1. The van der Waals surface area contributed by atoms with Gasteiger partial charge < -0.3 is 10.4 Å². The molecule has 0 unspecified atom stereocenters. The first-order valence-corrected chi connectivity index (χ1v) is 5.08. The second-order valence-corrected chi connectivity index (χ2v) is 3.44. The highest BCUT2D eigenvalue weighted by Gasteiger charge is 2.06. The van der Waals surface area contributed by atoms with Crippen LogP contribution in [0.4, 0.5) is 0 Å². The van der Waals surface area contributed by atoms with Gasteiger partial charge in [-0.25, -0.2) is 4.98 Å². The van der Waals surface area contributed by atoms with E-state index in [-0.39, 0.29) is 17.4 Å². The van der Waals surface area contributed by atoms with Crippen LogP contribution in [0.15, 0.2) is 42.9 Å². The summed E-state index contributed by atoms with van der Waals surface area (Å²) in [6, 6.07) is 6.71. The highest BCUT2D eigenvalue weighted by Crippen LogP contribution is 2.10. The Labute approximate surface area is 98.2 Å². The van der Waals surface area contributed by atoms with E-state index in [9.17, 15) is 9.90 Å². The van der Waals surface area contributed by atoms with Gasteiger partial charge in [-0.1, -0.05) is 12.1 Å². The molecule has 0 aliphatic heterocycles. The number of carbonyl (C=O) groups is 1. The van der Waals surface area contributed by atoms with Crippen LogP contribution >= 0.6 is 0 Å². The zero-order chi connectivity index (χ0) is 12.1. The van der Waals surface area contributed by atoms with E-state index < -0.39 is 0 Å². The summed E-state index contributed by atoms with van der Waals surface area (Å²) < 4.78 is 0. The fourth-order valence-corrected chi connectivity index (χ4v) is 1.36. The highest BCUT2D eigenvalue weighted by molar-refractivity contribution is 5.91. The Morgan fingerprint density at radius 3 is 2.94 bits per heavy atom. The first-order chi connectivity index (χ1) is 8.25. The summed E-state index contributed by atoms with van der Waals surface area (Å²) in [7, 11) is 0. The zero-order valence-electron chi connectivity index (χ0n) is 9.00. The number of phenols is 1. The van der Waals surface area contributed by atoms with Gasteiger partial charge in [-0.3, -0.25) is 9.78 Å². The lowest BCUT2D eigenvalue weighted by Gasteiger charge is -2.04. The fourth-order valence-electron chi connectivity index (χ4n) is 1.36. The summed E-state index contributed by atoms with van der Waals surface area (Å²) >= 11 is 0. The van der Waals surface area contributed by atoms with Gasteiger partial charge in [0.05, 0.1) is 6.20 Å². The van der Waals surface area contributed by atoms with Crippen LogP contribution in [0.1, 0.15) is 16.1 Å². The molecule has 17 heavy (non-hydrogen) atoms. The van der Waals surface area contributed by atoms with Crippen molar-refractivity contribution in [2.24, 2.45) is 0 Å². The van der Waals surface area contributed by atoms with Crippen LogP contribution in [0, 0.1) is 0 Å². The quantitative estimate of drug-likeness (QED) is 0.826. The minimum Gasteiger partial charge on any atom is -0.508 e. The molecule has 0 fully saturated rings. The van der Waals surface area contributed by atoms with Gasteiger partial charge in [0.2, 0.25) is 0 Å². The van der Waals surface area contributed by atoms with Gasteiger partial charge in [-0.05, 0) is 17.7 Å². The predicted octanol–water partition coefficient (Wildman–Crippen LogP) is 1.11. The van der Waals surface area contributed by atoms with Crippen molar-refractivity contribution < 1.29 is 9.90 Å². The molecule has 5 heteroatoms.